The zero-order valence-electron chi connectivity index (χ0n) is 8.86. The van der Waals surface area contributed by atoms with E-state index < -0.39 is 0 Å². The topological polar surface area (TPSA) is 32.7 Å². The van der Waals surface area contributed by atoms with Crippen molar-refractivity contribution in [3.63, 3.8) is 0 Å². The molecule has 3 unspecified atom stereocenters. The van der Waals surface area contributed by atoms with Gasteiger partial charge < -0.3 is 9.84 Å². The van der Waals surface area contributed by atoms with E-state index >= 15 is 0 Å². The highest BCUT2D eigenvalue weighted by Crippen LogP contribution is 2.12. The molecule has 1 heterocycles. The van der Waals surface area contributed by atoms with Crippen LogP contribution in [0.25, 0.3) is 0 Å². The van der Waals surface area contributed by atoms with Crippen LogP contribution >= 0.6 is 0 Å². The summed E-state index contributed by atoms with van der Waals surface area (Å²) in [5, 5.41) is 9.53. The minimum atomic E-state index is -0.187. The molecule has 0 spiro atoms. The number of aliphatic hydroxyl groups excluding tert-OH is 1. The fraction of sp³-hybridized carbons (Fsp3) is 1.00. The van der Waals surface area contributed by atoms with Crippen LogP contribution in [0.5, 0.6) is 0 Å². The van der Waals surface area contributed by atoms with E-state index in [0.717, 1.165) is 26.1 Å². The Morgan fingerprint density at radius 2 is 2.23 bits per heavy atom. The van der Waals surface area contributed by atoms with Gasteiger partial charge in [-0.25, -0.2) is 0 Å². The molecular weight excluding hydrogens is 166 g/mol. The molecule has 13 heavy (non-hydrogen) atoms. The molecule has 0 saturated carbocycles. The summed E-state index contributed by atoms with van der Waals surface area (Å²) in [4.78, 5) is 2.31. The van der Waals surface area contributed by atoms with E-state index in [4.69, 9.17) is 4.74 Å². The maximum atomic E-state index is 9.53. The van der Waals surface area contributed by atoms with Gasteiger partial charge in [0.1, 0.15) is 0 Å². The molecule has 3 atom stereocenters. The third-order valence-electron chi connectivity index (χ3n) is 2.65. The Morgan fingerprint density at radius 3 is 2.85 bits per heavy atom. The van der Waals surface area contributed by atoms with Gasteiger partial charge in [-0.3, -0.25) is 4.90 Å². The molecule has 1 saturated heterocycles. The number of hydrogen-bond acceptors (Lipinski definition) is 3. The molecule has 0 aromatic heterocycles. The fourth-order valence-electron chi connectivity index (χ4n) is 1.63. The molecule has 0 bridgehead atoms. The minimum absolute atomic E-state index is 0.187. The highest BCUT2D eigenvalue weighted by atomic mass is 16.5. The summed E-state index contributed by atoms with van der Waals surface area (Å²) in [6.45, 7) is 8.76. The highest BCUT2D eigenvalue weighted by molar-refractivity contribution is 4.76. The zero-order chi connectivity index (χ0) is 9.84. The van der Waals surface area contributed by atoms with Crippen LogP contribution in [0.15, 0.2) is 0 Å². The van der Waals surface area contributed by atoms with E-state index in [1.54, 1.807) is 0 Å². The van der Waals surface area contributed by atoms with Crippen LogP contribution in [0.2, 0.25) is 0 Å². The predicted octanol–water partition coefficient (Wildman–Crippen LogP) is 0.866. The van der Waals surface area contributed by atoms with Gasteiger partial charge in [0.25, 0.3) is 0 Å². The van der Waals surface area contributed by atoms with Crippen LogP contribution in [-0.4, -0.2) is 48.0 Å². The number of rotatable bonds is 3. The number of nitrogens with zero attached hydrogens (tertiary/aromatic N) is 1. The van der Waals surface area contributed by atoms with E-state index in [0.29, 0.717) is 12.1 Å². The molecule has 1 rings (SSSR count). The van der Waals surface area contributed by atoms with Gasteiger partial charge in [0.2, 0.25) is 0 Å². The molecule has 3 nitrogen and oxygen atoms in total. The number of aliphatic hydroxyl groups is 1. The van der Waals surface area contributed by atoms with Crippen LogP contribution in [0.3, 0.4) is 0 Å². The predicted molar refractivity (Wildman–Crippen MR) is 52.7 cm³/mol. The van der Waals surface area contributed by atoms with Gasteiger partial charge in [-0.05, 0) is 20.3 Å². The van der Waals surface area contributed by atoms with Crippen LogP contribution in [0.1, 0.15) is 27.2 Å². The lowest BCUT2D eigenvalue weighted by molar-refractivity contribution is -0.0617. The molecule has 0 amide bonds. The summed E-state index contributed by atoms with van der Waals surface area (Å²) < 4.78 is 5.51. The molecule has 0 radical (unpaired) electrons. The Bertz CT molecular complexity index is 152. The van der Waals surface area contributed by atoms with Crippen molar-refractivity contribution >= 4 is 0 Å². The standard InChI is InChI=1S/C10H21NO2/c1-4-10(12)6-11-5-9(3)13-7-8(11)2/h8-10,12H,4-7H2,1-3H3. The van der Waals surface area contributed by atoms with E-state index in [2.05, 4.69) is 18.7 Å². The number of ether oxygens (including phenoxy) is 1. The molecule has 0 aromatic carbocycles. The molecule has 1 fully saturated rings. The summed E-state index contributed by atoms with van der Waals surface area (Å²) >= 11 is 0. The average molecular weight is 187 g/mol. The van der Waals surface area contributed by atoms with Crippen molar-refractivity contribution in [1.29, 1.82) is 0 Å². The van der Waals surface area contributed by atoms with Gasteiger partial charge >= 0.3 is 0 Å². The van der Waals surface area contributed by atoms with Crippen LogP contribution in [0.4, 0.5) is 0 Å². The molecule has 1 N–H and O–H groups in total. The van der Waals surface area contributed by atoms with Gasteiger partial charge in [-0.2, -0.15) is 0 Å². The smallest absolute Gasteiger partial charge is 0.0674 e. The molecule has 0 aliphatic carbocycles. The van der Waals surface area contributed by atoms with Crippen LogP contribution in [0, 0.1) is 0 Å². The Labute approximate surface area is 80.7 Å². The average Bonchev–Trinajstić information content (AvgIpc) is 2.11. The maximum Gasteiger partial charge on any atom is 0.0674 e. The van der Waals surface area contributed by atoms with E-state index in [1.165, 1.54) is 0 Å². The van der Waals surface area contributed by atoms with Gasteiger partial charge in [0.05, 0.1) is 18.8 Å². The second-order valence-electron chi connectivity index (χ2n) is 4.01. The first-order valence-corrected chi connectivity index (χ1v) is 5.17. The van der Waals surface area contributed by atoms with Crippen molar-refractivity contribution < 1.29 is 9.84 Å². The lowest BCUT2D eigenvalue weighted by Crippen LogP contribution is -2.49. The van der Waals surface area contributed by atoms with E-state index in [1.807, 2.05) is 6.92 Å². The molecule has 0 aromatic rings. The summed E-state index contributed by atoms with van der Waals surface area (Å²) in [6, 6.07) is 0.442. The van der Waals surface area contributed by atoms with Crippen molar-refractivity contribution in [2.75, 3.05) is 19.7 Å². The lowest BCUT2D eigenvalue weighted by atomic mass is 10.1. The van der Waals surface area contributed by atoms with Gasteiger partial charge in [-0.1, -0.05) is 6.92 Å². The highest BCUT2D eigenvalue weighted by Gasteiger charge is 2.24. The Hall–Kier alpha value is -0.120. The summed E-state index contributed by atoms with van der Waals surface area (Å²) in [5.74, 6) is 0. The molecule has 1 aliphatic rings. The largest absolute Gasteiger partial charge is 0.392 e. The summed E-state index contributed by atoms with van der Waals surface area (Å²) in [5.41, 5.74) is 0. The SMILES string of the molecule is CCC(O)CN1CC(C)OCC1C. The van der Waals surface area contributed by atoms with Crippen LogP contribution < -0.4 is 0 Å². The molecular formula is C10H21NO2. The Kier molecular flexibility index (Phi) is 4.16. The Morgan fingerprint density at radius 1 is 1.54 bits per heavy atom. The van der Waals surface area contributed by atoms with Gasteiger partial charge in [0.15, 0.2) is 0 Å². The van der Waals surface area contributed by atoms with E-state index in [9.17, 15) is 5.11 Å². The monoisotopic (exact) mass is 187 g/mol. The first-order valence-electron chi connectivity index (χ1n) is 5.17. The van der Waals surface area contributed by atoms with Crippen LogP contribution in [-0.2, 0) is 4.74 Å². The third-order valence-corrected chi connectivity index (χ3v) is 2.65. The first kappa shape index (κ1) is 11.0. The molecule has 1 aliphatic heterocycles. The Balaban J connectivity index is 2.37. The molecule has 3 heteroatoms. The maximum absolute atomic E-state index is 9.53. The van der Waals surface area contributed by atoms with Gasteiger partial charge in [-0.15, -0.1) is 0 Å². The first-order chi connectivity index (χ1) is 6.13. The van der Waals surface area contributed by atoms with Crippen molar-refractivity contribution in [3.8, 4) is 0 Å². The number of morpholine rings is 1. The molecule has 78 valence electrons. The van der Waals surface area contributed by atoms with Crippen molar-refractivity contribution in [2.45, 2.75) is 45.4 Å². The number of hydrogen-bond donors (Lipinski definition) is 1. The summed E-state index contributed by atoms with van der Waals surface area (Å²) in [7, 11) is 0. The minimum Gasteiger partial charge on any atom is -0.392 e. The van der Waals surface area contributed by atoms with Crippen molar-refractivity contribution in [1.82, 2.24) is 4.90 Å². The second kappa shape index (κ2) is 4.94. The third kappa shape index (κ3) is 3.25. The van der Waals surface area contributed by atoms with Crippen molar-refractivity contribution in [3.05, 3.63) is 0 Å². The quantitative estimate of drug-likeness (QED) is 0.711. The van der Waals surface area contributed by atoms with Crippen molar-refractivity contribution in [2.24, 2.45) is 0 Å². The van der Waals surface area contributed by atoms with Gasteiger partial charge in [0, 0.05) is 19.1 Å². The normalized spacial score (nSPS) is 33.2. The number of β-amino-alcohol motifs (C(OH)–C–C–N with tert-alkyl or cyclic N) is 1. The fourth-order valence-corrected chi connectivity index (χ4v) is 1.63. The second-order valence-corrected chi connectivity index (χ2v) is 4.01. The lowest BCUT2D eigenvalue weighted by Gasteiger charge is -2.37. The summed E-state index contributed by atoms with van der Waals surface area (Å²) in [6.07, 6.45) is 0.950. The zero-order valence-corrected chi connectivity index (χ0v) is 8.86. The van der Waals surface area contributed by atoms with E-state index in [-0.39, 0.29) is 6.10 Å².